The van der Waals surface area contributed by atoms with E-state index in [1.165, 1.54) is 18.2 Å². The number of para-hydroxylation sites is 1. The van der Waals surface area contributed by atoms with Gasteiger partial charge in [0.2, 0.25) is 0 Å². The molecule has 1 amide bonds. The molecule has 1 unspecified atom stereocenters. The minimum atomic E-state index is -1.05. The van der Waals surface area contributed by atoms with Crippen molar-refractivity contribution in [2.45, 2.75) is 19.4 Å². The van der Waals surface area contributed by atoms with E-state index in [9.17, 15) is 19.7 Å². The monoisotopic (exact) mass is 280 g/mol. The Morgan fingerprint density at radius 3 is 2.95 bits per heavy atom. The van der Waals surface area contributed by atoms with Gasteiger partial charge >= 0.3 is 5.97 Å². The zero-order chi connectivity index (χ0) is 14.7. The predicted octanol–water partition coefficient (Wildman–Crippen LogP) is 1.25. The van der Waals surface area contributed by atoms with Crippen molar-refractivity contribution >= 4 is 23.3 Å². The highest BCUT2D eigenvalue weighted by molar-refractivity contribution is 6.01. The van der Waals surface area contributed by atoms with Gasteiger partial charge in [0.1, 0.15) is 0 Å². The highest BCUT2D eigenvalue weighted by Gasteiger charge is 2.33. The molecule has 1 aliphatic rings. The first kappa shape index (κ1) is 13.8. The van der Waals surface area contributed by atoms with Gasteiger partial charge in [-0.15, -0.1) is 0 Å². The van der Waals surface area contributed by atoms with Gasteiger partial charge in [-0.3, -0.25) is 19.7 Å². The molecule has 8 nitrogen and oxygen atoms in total. The van der Waals surface area contributed by atoms with E-state index in [4.69, 9.17) is 9.47 Å². The average molecular weight is 280 g/mol. The molecule has 2 rings (SSSR count). The molecule has 0 fully saturated rings. The number of fused-ring (bicyclic) bond motifs is 1. The van der Waals surface area contributed by atoms with Crippen LogP contribution in [0.1, 0.15) is 13.3 Å². The highest BCUT2D eigenvalue weighted by Crippen LogP contribution is 2.37. The number of nitro benzene ring substituents is 1. The molecule has 106 valence electrons. The van der Waals surface area contributed by atoms with E-state index in [1.54, 1.807) is 6.92 Å². The van der Waals surface area contributed by atoms with Crippen molar-refractivity contribution in [3.8, 4) is 5.75 Å². The number of anilines is 1. The third-order valence-electron chi connectivity index (χ3n) is 2.67. The zero-order valence-electron chi connectivity index (χ0n) is 10.6. The lowest BCUT2D eigenvalue weighted by molar-refractivity contribution is -0.384. The number of benzene rings is 1. The zero-order valence-corrected chi connectivity index (χ0v) is 10.6. The Labute approximate surface area is 113 Å². The lowest BCUT2D eigenvalue weighted by Gasteiger charge is -2.24. The fraction of sp³-hybridized carbons (Fsp3) is 0.333. The SMILES string of the molecule is CCOC(=O)CC1Oc2cccc([N+](=O)[O-])c2NC1=O. The summed E-state index contributed by atoms with van der Waals surface area (Å²) in [5, 5.41) is 13.2. The molecule has 0 aromatic heterocycles. The quantitative estimate of drug-likeness (QED) is 0.505. The van der Waals surface area contributed by atoms with Crippen LogP contribution in [0.25, 0.3) is 0 Å². The third-order valence-corrected chi connectivity index (χ3v) is 2.67. The number of ether oxygens (including phenoxy) is 2. The maximum Gasteiger partial charge on any atom is 0.310 e. The van der Waals surface area contributed by atoms with Crippen LogP contribution in [0.5, 0.6) is 5.75 Å². The number of carbonyl (C=O) groups excluding carboxylic acids is 2. The van der Waals surface area contributed by atoms with Gasteiger partial charge in [-0.05, 0) is 13.0 Å². The fourth-order valence-corrected chi connectivity index (χ4v) is 1.81. The summed E-state index contributed by atoms with van der Waals surface area (Å²) in [7, 11) is 0. The van der Waals surface area contributed by atoms with Gasteiger partial charge < -0.3 is 14.8 Å². The standard InChI is InChI=1S/C12H12N2O6/c1-2-19-10(15)6-9-12(16)13-11-7(14(17)18)4-3-5-8(11)20-9/h3-5,9H,2,6H2,1H3,(H,13,16). The minimum absolute atomic E-state index is 0.00242. The number of nitro groups is 1. The van der Waals surface area contributed by atoms with Crippen LogP contribution >= 0.6 is 0 Å². The van der Waals surface area contributed by atoms with E-state index in [2.05, 4.69) is 5.32 Å². The van der Waals surface area contributed by atoms with Crippen molar-refractivity contribution in [3.05, 3.63) is 28.3 Å². The lowest BCUT2D eigenvalue weighted by Crippen LogP contribution is -2.39. The minimum Gasteiger partial charge on any atom is -0.478 e. The van der Waals surface area contributed by atoms with Gasteiger partial charge in [0, 0.05) is 6.07 Å². The number of hydrogen-bond acceptors (Lipinski definition) is 6. The molecule has 8 heteroatoms. The summed E-state index contributed by atoms with van der Waals surface area (Å²) in [5.41, 5.74) is -0.256. The maximum atomic E-state index is 11.8. The molecule has 0 bridgehead atoms. The first-order valence-electron chi connectivity index (χ1n) is 5.93. The average Bonchev–Trinajstić information content (AvgIpc) is 2.39. The van der Waals surface area contributed by atoms with Gasteiger partial charge in [0.05, 0.1) is 18.0 Å². The van der Waals surface area contributed by atoms with Crippen LogP contribution in [0.15, 0.2) is 18.2 Å². The second-order valence-corrected chi connectivity index (χ2v) is 4.01. The number of nitrogens with one attached hydrogen (secondary N) is 1. The van der Waals surface area contributed by atoms with Gasteiger partial charge in [0.25, 0.3) is 11.6 Å². The maximum absolute atomic E-state index is 11.8. The second kappa shape index (κ2) is 5.55. The molecular weight excluding hydrogens is 268 g/mol. The molecule has 0 radical (unpaired) electrons. The molecule has 0 saturated heterocycles. The molecule has 0 aliphatic carbocycles. The second-order valence-electron chi connectivity index (χ2n) is 4.01. The number of carbonyl (C=O) groups is 2. The third kappa shape index (κ3) is 2.68. The van der Waals surface area contributed by atoms with E-state index < -0.39 is 22.9 Å². The van der Waals surface area contributed by atoms with Crippen molar-refractivity contribution in [3.63, 3.8) is 0 Å². The van der Waals surface area contributed by atoms with Crippen LogP contribution in [0.3, 0.4) is 0 Å². The molecule has 1 heterocycles. The van der Waals surface area contributed by atoms with Gasteiger partial charge in [0.15, 0.2) is 17.5 Å². The van der Waals surface area contributed by atoms with Crippen LogP contribution in [-0.4, -0.2) is 29.5 Å². The number of amides is 1. The van der Waals surface area contributed by atoms with Crippen LogP contribution < -0.4 is 10.1 Å². The summed E-state index contributed by atoms with van der Waals surface area (Å²) in [6.07, 6.45) is -1.30. The molecule has 1 N–H and O–H groups in total. The topological polar surface area (TPSA) is 108 Å². The Morgan fingerprint density at radius 2 is 2.30 bits per heavy atom. The van der Waals surface area contributed by atoms with Crippen molar-refractivity contribution in [2.24, 2.45) is 0 Å². The number of hydrogen-bond donors (Lipinski definition) is 1. The smallest absolute Gasteiger partial charge is 0.310 e. The summed E-state index contributed by atoms with van der Waals surface area (Å²) in [4.78, 5) is 33.4. The molecule has 1 atom stereocenters. The summed E-state index contributed by atoms with van der Waals surface area (Å²) >= 11 is 0. The van der Waals surface area contributed by atoms with Gasteiger partial charge in [-0.25, -0.2) is 0 Å². The van der Waals surface area contributed by atoms with Gasteiger partial charge in [-0.1, -0.05) is 6.07 Å². The molecule has 0 saturated carbocycles. The van der Waals surface area contributed by atoms with E-state index in [1.807, 2.05) is 0 Å². The lowest BCUT2D eigenvalue weighted by atomic mass is 10.1. The predicted molar refractivity (Wildman–Crippen MR) is 67.4 cm³/mol. The Bertz CT molecular complexity index is 571. The Hall–Kier alpha value is -2.64. The largest absolute Gasteiger partial charge is 0.478 e. The van der Waals surface area contributed by atoms with Crippen molar-refractivity contribution in [1.82, 2.24) is 0 Å². The van der Waals surface area contributed by atoms with E-state index in [0.717, 1.165) is 0 Å². The number of nitrogens with zero attached hydrogens (tertiary/aromatic N) is 1. The number of esters is 1. The van der Waals surface area contributed by atoms with Crippen LogP contribution in [0.2, 0.25) is 0 Å². The highest BCUT2D eigenvalue weighted by atomic mass is 16.6. The van der Waals surface area contributed by atoms with Crippen molar-refractivity contribution < 1.29 is 24.0 Å². The molecule has 1 aliphatic heterocycles. The summed E-state index contributed by atoms with van der Waals surface area (Å²) in [5.74, 6) is -1.02. The Balaban J connectivity index is 2.22. The first-order valence-corrected chi connectivity index (χ1v) is 5.93. The molecule has 20 heavy (non-hydrogen) atoms. The normalized spacial score (nSPS) is 16.6. The fourth-order valence-electron chi connectivity index (χ4n) is 1.81. The van der Waals surface area contributed by atoms with Gasteiger partial charge in [-0.2, -0.15) is 0 Å². The molecular formula is C12H12N2O6. The first-order chi connectivity index (χ1) is 9.52. The Morgan fingerprint density at radius 1 is 1.55 bits per heavy atom. The van der Waals surface area contributed by atoms with Crippen molar-refractivity contribution in [2.75, 3.05) is 11.9 Å². The molecule has 0 spiro atoms. The molecule has 1 aromatic carbocycles. The van der Waals surface area contributed by atoms with Crippen LogP contribution in [0.4, 0.5) is 11.4 Å². The van der Waals surface area contributed by atoms with E-state index >= 15 is 0 Å². The summed E-state index contributed by atoms with van der Waals surface area (Å²) in [6.45, 7) is 1.85. The summed E-state index contributed by atoms with van der Waals surface area (Å²) < 4.78 is 10.1. The van der Waals surface area contributed by atoms with E-state index in [-0.39, 0.29) is 30.2 Å². The Kier molecular flexibility index (Phi) is 3.83. The van der Waals surface area contributed by atoms with Crippen LogP contribution in [0, 0.1) is 10.1 Å². The van der Waals surface area contributed by atoms with Crippen molar-refractivity contribution in [1.29, 1.82) is 0 Å². The summed E-state index contributed by atoms with van der Waals surface area (Å²) in [6, 6.07) is 4.18. The van der Waals surface area contributed by atoms with E-state index in [0.29, 0.717) is 0 Å². The van der Waals surface area contributed by atoms with Crippen LogP contribution in [-0.2, 0) is 14.3 Å². The number of rotatable bonds is 4. The molecule has 1 aromatic rings.